The largest absolute Gasteiger partial charge is 0.494 e. The van der Waals surface area contributed by atoms with Crippen molar-refractivity contribution in [2.75, 3.05) is 22.8 Å². The molecule has 4 rings (SSSR count). The molecule has 0 spiro atoms. The van der Waals surface area contributed by atoms with Gasteiger partial charge >= 0.3 is 0 Å². The number of anilines is 2. The number of hydrogen-bond acceptors (Lipinski definition) is 5. The smallest absolute Gasteiger partial charge is 0.264 e. The van der Waals surface area contributed by atoms with E-state index in [1.807, 2.05) is 44.2 Å². The van der Waals surface area contributed by atoms with Crippen LogP contribution < -0.4 is 19.7 Å². The van der Waals surface area contributed by atoms with Gasteiger partial charge in [-0.1, -0.05) is 42.5 Å². The molecule has 1 atom stereocenters. The highest BCUT2D eigenvalue weighted by Crippen LogP contribution is 2.27. The first-order chi connectivity index (χ1) is 19.7. The lowest BCUT2D eigenvalue weighted by molar-refractivity contribution is -0.114. The lowest BCUT2D eigenvalue weighted by Gasteiger charge is -2.24. The van der Waals surface area contributed by atoms with Gasteiger partial charge in [-0.15, -0.1) is 0 Å². The Morgan fingerprint density at radius 1 is 0.878 bits per heavy atom. The van der Waals surface area contributed by atoms with Crippen LogP contribution in [0.2, 0.25) is 0 Å². The van der Waals surface area contributed by atoms with Crippen molar-refractivity contribution in [3.05, 3.63) is 120 Å². The Labute approximate surface area is 238 Å². The van der Waals surface area contributed by atoms with E-state index in [1.54, 1.807) is 36.4 Å². The molecule has 0 radical (unpaired) electrons. The molecule has 0 saturated carbocycles. The Kier molecular flexibility index (Phi) is 9.36. The van der Waals surface area contributed by atoms with Gasteiger partial charge in [-0.25, -0.2) is 12.8 Å². The number of halogens is 1. The molecule has 8 nitrogen and oxygen atoms in total. The quantitative estimate of drug-likeness (QED) is 0.244. The standard InChI is InChI=1S/C31H30FN3O5S/c1-3-40-26-17-15-25(16-18-26)35(41(38,39)27-19-13-24(32)14-20-27)21-30(36)34-29-12-8-7-11-28(29)31(37)33-22(2)23-9-5-4-6-10-23/h4-20,22H,3,21H2,1-2H3,(H,33,37)(H,34,36)/t22-/m0/s1. The van der Waals surface area contributed by atoms with Gasteiger partial charge in [0.25, 0.3) is 15.9 Å². The second-order valence-electron chi connectivity index (χ2n) is 9.09. The molecule has 0 aromatic heterocycles. The van der Waals surface area contributed by atoms with Crippen molar-refractivity contribution in [3.63, 3.8) is 0 Å². The summed E-state index contributed by atoms with van der Waals surface area (Å²) >= 11 is 0. The molecular weight excluding hydrogens is 545 g/mol. The van der Waals surface area contributed by atoms with Crippen LogP contribution in [-0.4, -0.2) is 33.4 Å². The van der Waals surface area contributed by atoms with Crippen LogP contribution in [0, 0.1) is 5.82 Å². The Hall–Kier alpha value is -4.70. The first-order valence-electron chi connectivity index (χ1n) is 12.9. The minimum absolute atomic E-state index is 0.185. The zero-order chi connectivity index (χ0) is 29.4. The first-order valence-corrected chi connectivity index (χ1v) is 14.4. The summed E-state index contributed by atoms with van der Waals surface area (Å²) in [5.74, 6) is -1.14. The van der Waals surface area contributed by atoms with E-state index in [9.17, 15) is 22.4 Å². The van der Waals surface area contributed by atoms with Crippen molar-refractivity contribution in [2.45, 2.75) is 24.8 Å². The zero-order valence-electron chi connectivity index (χ0n) is 22.6. The minimum Gasteiger partial charge on any atom is -0.494 e. The molecule has 0 unspecified atom stereocenters. The summed E-state index contributed by atoms with van der Waals surface area (Å²) in [4.78, 5) is 26.2. The molecule has 0 fully saturated rings. The third-order valence-electron chi connectivity index (χ3n) is 6.22. The predicted molar refractivity (Wildman–Crippen MR) is 156 cm³/mol. The summed E-state index contributed by atoms with van der Waals surface area (Å²) < 4.78 is 47.1. The number of carbonyl (C=O) groups is 2. The van der Waals surface area contributed by atoms with E-state index >= 15 is 0 Å². The van der Waals surface area contributed by atoms with E-state index in [2.05, 4.69) is 10.6 Å². The van der Waals surface area contributed by atoms with Gasteiger partial charge in [0, 0.05) is 0 Å². The minimum atomic E-state index is -4.27. The van der Waals surface area contributed by atoms with Gasteiger partial charge in [-0.2, -0.15) is 0 Å². The Bertz CT molecular complexity index is 1600. The second kappa shape index (κ2) is 13.1. The highest BCUT2D eigenvalue weighted by Gasteiger charge is 2.28. The molecule has 41 heavy (non-hydrogen) atoms. The van der Waals surface area contributed by atoms with Gasteiger partial charge in [0.05, 0.1) is 34.5 Å². The molecule has 0 aliphatic carbocycles. The zero-order valence-corrected chi connectivity index (χ0v) is 23.4. The Morgan fingerprint density at radius 3 is 2.17 bits per heavy atom. The first kappa shape index (κ1) is 29.3. The number of sulfonamides is 1. The lowest BCUT2D eigenvalue weighted by atomic mass is 10.1. The average molecular weight is 576 g/mol. The van der Waals surface area contributed by atoms with Gasteiger partial charge in [-0.3, -0.25) is 13.9 Å². The topological polar surface area (TPSA) is 105 Å². The number of rotatable bonds is 11. The molecule has 0 heterocycles. The van der Waals surface area contributed by atoms with Gasteiger partial charge in [-0.05, 0) is 80.1 Å². The number of nitrogens with zero attached hydrogens (tertiary/aromatic N) is 1. The highest BCUT2D eigenvalue weighted by atomic mass is 32.2. The van der Waals surface area contributed by atoms with Gasteiger partial charge in [0.2, 0.25) is 5.91 Å². The third kappa shape index (κ3) is 7.29. The molecule has 0 bridgehead atoms. The molecule has 4 aromatic carbocycles. The van der Waals surface area contributed by atoms with E-state index in [0.29, 0.717) is 12.4 Å². The van der Waals surface area contributed by atoms with Crippen molar-refractivity contribution < 1.29 is 27.1 Å². The molecule has 2 amide bonds. The van der Waals surface area contributed by atoms with Crippen LogP contribution in [0.15, 0.2) is 108 Å². The second-order valence-corrected chi connectivity index (χ2v) is 11.0. The summed E-state index contributed by atoms with van der Waals surface area (Å²) in [6.45, 7) is 3.49. The van der Waals surface area contributed by atoms with Gasteiger partial charge in [0.1, 0.15) is 18.1 Å². The number of hydrogen-bond donors (Lipinski definition) is 2. The number of ether oxygens (including phenoxy) is 1. The SMILES string of the molecule is CCOc1ccc(N(CC(=O)Nc2ccccc2C(=O)N[C@@H](C)c2ccccc2)S(=O)(=O)c2ccc(F)cc2)cc1. The Balaban J connectivity index is 1.58. The van der Waals surface area contributed by atoms with E-state index < -0.39 is 34.2 Å². The fraction of sp³-hybridized carbons (Fsp3) is 0.161. The number of carbonyl (C=O) groups excluding carboxylic acids is 2. The fourth-order valence-corrected chi connectivity index (χ4v) is 5.55. The molecule has 0 aliphatic heterocycles. The highest BCUT2D eigenvalue weighted by molar-refractivity contribution is 7.92. The van der Waals surface area contributed by atoms with Crippen molar-refractivity contribution >= 4 is 33.2 Å². The number of nitrogens with one attached hydrogen (secondary N) is 2. The number of benzene rings is 4. The van der Waals surface area contributed by atoms with Gasteiger partial charge in [0.15, 0.2) is 0 Å². The predicted octanol–water partition coefficient (Wildman–Crippen LogP) is 5.55. The van der Waals surface area contributed by atoms with E-state index in [-0.39, 0.29) is 27.9 Å². The van der Waals surface area contributed by atoms with Crippen LogP contribution in [0.4, 0.5) is 15.8 Å². The van der Waals surface area contributed by atoms with Crippen LogP contribution in [0.1, 0.15) is 35.8 Å². The molecule has 212 valence electrons. The van der Waals surface area contributed by atoms with Gasteiger partial charge < -0.3 is 15.4 Å². The molecule has 0 aliphatic rings. The van der Waals surface area contributed by atoms with Crippen LogP contribution in [-0.2, 0) is 14.8 Å². The number of para-hydroxylation sites is 1. The van der Waals surface area contributed by atoms with E-state index in [4.69, 9.17) is 4.74 Å². The maximum atomic E-state index is 13.6. The maximum Gasteiger partial charge on any atom is 0.264 e. The summed E-state index contributed by atoms with van der Waals surface area (Å²) in [5, 5.41) is 5.60. The lowest BCUT2D eigenvalue weighted by Crippen LogP contribution is -2.38. The van der Waals surface area contributed by atoms with Crippen LogP contribution >= 0.6 is 0 Å². The summed E-state index contributed by atoms with van der Waals surface area (Å²) in [6.07, 6.45) is 0. The van der Waals surface area contributed by atoms with Crippen molar-refractivity contribution in [1.82, 2.24) is 5.32 Å². The van der Waals surface area contributed by atoms with Crippen molar-refractivity contribution in [1.29, 1.82) is 0 Å². The van der Waals surface area contributed by atoms with E-state index in [1.165, 1.54) is 12.1 Å². The maximum absolute atomic E-state index is 13.6. The summed E-state index contributed by atoms with van der Waals surface area (Å²) in [6, 6.07) is 26.2. The summed E-state index contributed by atoms with van der Waals surface area (Å²) in [7, 11) is -4.27. The van der Waals surface area contributed by atoms with Crippen molar-refractivity contribution in [2.24, 2.45) is 0 Å². The molecule has 4 aromatic rings. The fourth-order valence-electron chi connectivity index (χ4n) is 4.13. The molecular formula is C31H30FN3O5S. The third-order valence-corrected chi connectivity index (χ3v) is 8.01. The van der Waals surface area contributed by atoms with E-state index in [0.717, 1.165) is 34.1 Å². The average Bonchev–Trinajstić information content (AvgIpc) is 2.97. The normalized spacial score (nSPS) is 11.8. The monoisotopic (exact) mass is 575 g/mol. The van der Waals surface area contributed by atoms with Crippen molar-refractivity contribution in [3.8, 4) is 5.75 Å². The van der Waals surface area contributed by atoms with Crippen LogP contribution in [0.3, 0.4) is 0 Å². The molecule has 2 N–H and O–H groups in total. The van der Waals surface area contributed by atoms with Crippen LogP contribution in [0.5, 0.6) is 5.75 Å². The molecule has 10 heteroatoms. The number of amides is 2. The molecule has 0 saturated heterocycles. The Morgan fingerprint density at radius 2 is 1.51 bits per heavy atom. The van der Waals surface area contributed by atoms with Crippen LogP contribution in [0.25, 0.3) is 0 Å². The summed E-state index contributed by atoms with van der Waals surface area (Å²) in [5.41, 5.74) is 1.56.